The van der Waals surface area contributed by atoms with Gasteiger partial charge >= 0.3 is 0 Å². The maximum absolute atomic E-state index is 12.5. The van der Waals surface area contributed by atoms with Crippen LogP contribution in [-0.4, -0.2) is 27.6 Å². The highest BCUT2D eigenvalue weighted by atomic mass is 16.1. The average molecular weight is 221 g/mol. The minimum absolute atomic E-state index is 0.201. The van der Waals surface area contributed by atoms with E-state index in [4.69, 9.17) is 0 Å². The molecule has 0 aliphatic carbocycles. The molecule has 1 aromatic rings. The number of hydrogen-bond donors (Lipinski definition) is 1. The Bertz CT molecular complexity index is 377. The van der Waals surface area contributed by atoms with Crippen LogP contribution in [0.3, 0.4) is 0 Å². The molecule has 88 valence electrons. The van der Waals surface area contributed by atoms with Crippen molar-refractivity contribution >= 4 is 5.78 Å². The molecule has 2 heterocycles. The first-order chi connectivity index (χ1) is 7.69. The number of aryl methyl sites for hydroxylation is 1. The van der Waals surface area contributed by atoms with Crippen molar-refractivity contribution in [3.05, 3.63) is 18.0 Å². The topological polar surface area (TPSA) is 46.9 Å². The zero-order valence-corrected chi connectivity index (χ0v) is 9.99. The van der Waals surface area contributed by atoms with Gasteiger partial charge < -0.3 is 5.32 Å². The standard InChI is InChI=1S/C12H19N3O/c1-3-6-12(7-4-8-13-12)11(16)10-5-9-14-15(10)2/h5,9,13H,3-4,6-8H2,1-2H3. The van der Waals surface area contributed by atoms with Gasteiger partial charge in [0.1, 0.15) is 5.69 Å². The molecule has 1 saturated heterocycles. The van der Waals surface area contributed by atoms with Crippen LogP contribution in [0.15, 0.2) is 12.3 Å². The molecule has 1 atom stereocenters. The highest BCUT2D eigenvalue weighted by Crippen LogP contribution is 2.28. The van der Waals surface area contributed by atoms with Gasteiger partial charge in [0.15, 0.2) is 0 Å². The van der Waals surface area contributed by atoms with E-state index in [1.165, 1.54) is 0 Å². The number of Topliss-reactive ketones (excluding diaryl/α,β-unsaturated/α-hetero) is 1. The van der Waals surface area contributed by atoms with Crippen LogP contribution in [0.1, 0.15) is 43.1 Å². The lowest BCUT2D eigenvalue weighted by atomic mass is 9.86. The third kappa shape index (κ3) is 1.78. The van der Waals surface area contributed by atoms with Crippen molar-refractivity contribution in [1.29, 1.82) is 0 Å². The van der Waals surface area contributed by atoms with Gasteiger partial charge in [-0.2, -0.15) is 5.10 Å². The van der Waals surface area contributed by atoms with Gasteiger partial charge in [0, 0.05) is 13.2 Å². The first kappa shape index (κ1) is 11.3. The molecule has 0 radical (unpaired) electrons. The summed E-state index contributed by atoms with van der Waals surface area (Å²) in [6.07, 6.45) is 5.66. The van der Waals surface area contributed by atoms with Crippen LogP contribution in [0, 0.1) is 0 Å². The fourth-order valence-corrected chi connectivity index (χ4v) is 2.60. The zero-order chi connectivity index (χ0) is 11.6. The Morgan fingerprint density at radius 2 is 2.50 bits per heavy atom. The monoisotopic (exact) mass is 221 g/mol. The molecular weight excluding hydrogens is 202 g/mol. The number of nitrogens with one attached hydrogen (secondary N) is 1. The number of ketones is 1. The number of nitrogens with zero attached hydrogens (tertiary/aromatic N) is 2. The second-order valence-electron chi connectivity index (χ2n) is 4.53. The van der Waals surface area contributed by atoms with E-state index in [0.717, 1.165) is 32.2 Å². The normalized spacial score (nSPS) is 24.9. The molecule has 0 bridgehead atoms. The molecule has 4 heteroatoms. The fourth-order valence-electron chi connectivity index (χ4n) is 2.60. The zero-order valence-electron chi connectivity index (χ0n) is 9.99. The van der Waals surface area contributed by atoms with Crippen LogP contribution in [0.2, 0.25) is 0 Å². The summed E-state index contributed by atoms with van der Waals surface area (Å²) in [5.74, 6) is 0.201. The molecule has 0 amide bonds. The summed E-state index contributed by atoms with van der Waals surface area (Å²) in [6.45, 7) is 3.07. The second-order valence-corrected chi connectivity index (χ2v) is 4.53. The first-order valence-corrected chi connectivity index (χ1v) is 5.97. The summed E-state index contributed by atoms with van der Waals surface area (Å²) in [4.78, 5) is 12.5. The maximum atomic E-state index is 12.5. The number of carbonyl (C=O) groups is 1. The molecule has 2 rings (SSSR count). The maximum Gasteiger partial charge on any atom is 0.200 e. The molecule has 1 aliphatic rings. The largest absolute Gasteiger partial charge is 0.305 e. The summed E-state index contributed by atoms with van der Waals surface area (Å²) < 4.78 is 1.67. The average Bonchev–Trinajstić information content (AvgIpc) is 2.87. The van der Waals surface area contributed by atoms with Gasteiger partial charge in [-0.15, -0.1) is 0 Å². The van der Waals surface area contributed by atoms with E-state index >= 15 is 0 Å². The summed E-state index contributed by atoms with van der Waals surface area (Å²) in [7, 11) is 1.82. The number of aromatic nitrogens is 2. The smallest absolute Gasteiger partial charge is 0.200 e. The van der Waals surface area contributed by atoms with E-state index in [-0.39, 0.29) is 11.3 Å². The van der Waals surface area contributed by atoms with Crippen LogP contribution < -0.4 is 5.32 Å². The van der Waals surface area contributed by atoms with E-state index in [2.05, 4.69) is 17.3 Å². The molecule has 1 aliphatic heterocycles. The number of hydrogen-bond acceptors (Lipinski definition) is 3. The van der Waals surface area contributed by atoms with E-state index in [1.54, 1.807) is 16.9 Å². The highest BCUT2D eigenvalue weighted by Gasteiger charge is 2.41. The Labute approximate surface area is 96.0 Å². The quantitative estimate of drug-likeness (QED) is 0.784. The van der Waals surface area contributed by atoms with Gasteiger partial charge in [-0.05, 0) is 31.9 Å². The van der Waals surface area contributed by atoms with Gasteiger partial charge in [0.05, 0.1) is 5.54 Å². The van der Waals surface area contributed by atoms with Crippen LogP contribution in [0.4, 0.5) is 0 Å². The summed E-state index contributed by atoms with van der Waals surface area (Å²) in [5, 5.41) is 7.46. The summed E-state index contributed by atoms with van der Waals surface area (Å²) in [5.41, 5.74) is 0.380. The molecule has 0 spiro atoms. The number of rotatable bonds is 4. The van der Waals surface area contributed by atoms with Crippen molar-refractivity contribution in [1.82, 2.24) is 15.1 Å². The summed E-state index contributed by atoms with van der Waals surface area (Å²) >= 11 is 0. The lowest BCUT2D eigenvalue weighted by Crippen LogP contribution is -2.48. The Kier molecular flexibility index (Phi) is 3.10. The van der Waals surface area contributed by atoms with Crippen molar-refractivity contribution in [2.45, 2.75) is 38.1 Å². The van der Waals surface area contributed by atoms with Crippen molar-refractivity contribution in [3.63, 3.8) is 0 Å². The van der Waals surface area contributed by atoms with E-state index in [1.807, 2.05) is 7.05 Å². The van der Waals surface area contributed by atoms with Crippen LogP contribution >= 0.6 is 0 Å². The third-order valence-electron chi connectivity index (χ3n) is 3.41. The molecule has 1 fully saturated rings. The van der Waals surface area contributed by atoms with Gasteiger partial charge in [-0.1, -0.05) is 13.3 Å². The third-order valence-corrected chi connectivity index (χ3v) is 3.41. The van der Waals surface area contributed by atoms with Crippen LogP contribution in [0.25, 0.3) is 0 Å². The van der Waals surface area contributed by atoms with Crippen molar-refractivity contribution in [2.24, 2.45) is 7.05 Å². The molecule has 0 aromatic carbocycles. The van der Waals surface area contributed by atoms with Gasteiger partial charge in [-0.25, -0.2) is 0 Å². The molecule has 16 heavy (non-hydrogen) atoms. The molecule has 4 nitrogen and oxygen atoms in total. The van der Waals surface area contributed by atoms with Crippen molar-refractivity contribution in [3.8, 4) is 0 Å². The second kappa shape index (κ2) is 4.37. The van der Waals surface area contributed by atoms with E-state index in [0.29, 0.717) is 5.69 Å². The SMILES string of the molecule is CCCC1(C(=O)c2ccnn2C)CCCN1. The van der Waals surface area contributed by atoms with E-state index in [9.17, 15) is 4.79 Å². The van der Waals surface area contributed by atoms with Crippen LogP contribution in [0.5, 0.6) is 0 Å². The van der Waals surface area contributed by atoms with Crippen LogP contribution in [-0.2, 0) is 7.05 Å². The molecule has 0 saturated carbocycles. The Hall–Kier alpha value is -1.16. The fraction of sp³-hybridized carbons (Fsp3) is 0.667. The molecular formula is C12H19N3O. The molecule has 1 unspecified atom stereocenters. The minimum Gasteiger partial charge on any atom is -0.305 e. The lowest BCUT2D eigenvalue weighted by Gasteiger charge is -2.27. The van der Waals surface area contributed by atoms with Gasteiger partial charge in [-0.3, -0.25) is 9.48 Å². The van der Waals surface area contributed by atoms with Gasteiger partial charge in [0.25, 0.3) is 0 Å². The Morgan fingerprint density at radius 1 is 1.69 bits per heavy atom. The minimum atomic E-state index is -0.331. The highest BCUT2D eigenvalue weighted by molar-refractivity contribution is 6.02. The lowest BCUT2D eigenvalue weighted by molar-refractivity contribution is 0.0847. The van der Waals surface area contributed by atoms with Crippen molar-refractivity contribution < 1.29 is 4.79 Å². The van der Waals surface area contributed by atoms with Crippen molar-refractivity contribution in [2.75, 3.05) is 6.54 Å². The Balaban J connectivity index is 2.27. The Morgan fingerprint density at radius 3 is 3.00 bits per heavy atom. The van der Waals surface area contributed by atoms with E-state index < -0.39 is 0 Å². The predicted octanol–water partition coefficient (Wildman–Crippen LogP) is 1.53. The summed E-state index contributed by atoms with van der Waals surface area (Å²) in [6, 6.07) is 1.81. The molecule has 1 aromatic heterocycles. The first-order valence-electron chi connectivity index (χ1n) is 5.97. The molecule has 1 N–H and O–H groups in total. The number of carbonyl (C=O) groups excluding carboxylic acids is 1. The predicted molar refractivity (Wildman–Crippen MR) is 62.4 cm³/mol. The van der Waals surface area contributed by atoms with Gasteiger partial charge in [0.2, 0.25) is 5.78 Å².